The summed E-state index contributed by atoms with van der Waals surface area (Å²) in [5, 5.41) is 13.4. The van der Waals surface area contributed by atoms with Gasteiger partial charge >= 0.3 is 5.97 Å². The average molecular weight is 490 g/mol. The Hall–Kier alpha value is -3.57. The highest BCUT2D eigenvalue weighted by Crippen LogP contribution is 2.24. The molecule has 0 spiro atoms. The van der Waals surface area contributed by atoms with Crippen LogP contribution in [0.25, 0.3) is 6.08 Å². The Balaban J connectivity index is 2.08. The van der Waals surface area contributed by atoms with Crippen molar-refractivity contribution in [3.05, 3.63) is 69.8 Å². The minimum absolute atomic E-state index is 0.0820. The summed E-state index contributed by atoms with van der Waals surface area (Å²) in [6, 6.07) is 10.2. The van der Waals surface area contributed by atoms with Gasteiger partial charge in [-0.25, -0.2) is 13.2 Å². The zero-order chi connectivity index (χ0) is 25.5. The van der Waals surface area contributed by atoms with Gasteiger partial charge in [-0.2, -0.15) is 4.31 Å². The van der Waals surface area contributed by atoms with E-state index >= 15 is 0 Å². The van der Waals surface area contributed by atoms with Crippen LogP contribution in [0.2, 0.25) is 0 Å². The summed E-state index contributed by atoms with van der Waals surface area (Å²) in [5.74, 6) is -1.46. The van der Waals surface area contributed by atoms with Crippen LogP contribution in [0.1, 0.15) is 31.9 Å². The van der Waals surface area contributed by atoms with E-state index in [0.29, 0.717) is 24.2 Å². The smallest absolute Gasteiger partial charge is 0.331 e. The number of ether oxygens (including phenoxy) is 1. The molecule has 0 aliphatic rings. The first-order chi connectivity index (χ1) is 16.0. The summed E-state index contributed by atoms with van der Waals surface area (Å²) < 4.78 is 32.2. The average Bonchev–Trinajstić information content (AvgIpc) is 2.79. The van der Waals surface area contributed by atoms with Gasteiger partial charge in [0.15, 0.2) is 6.10 Å². The number of carbonyl (C=O) groups is 2. The number of nitro groups is 1. The Morgan fingerprint density at radius 3 is 2.47 bits per heavy atom. The highest BCUT2D eigenvalue weighted by atomic mass is 32.2. The van der Waals surface area contributed by atoms with Crippen molar-refractivity contribution >= 4 is 39.4 Å². The van der Waals surface area contributed by atoms with Gasteiger partial charge in [-0.05, 0) is 43.2 Å². The van der Waals surface area contributed by atoms with E-state index in [0.717, 1.165) is 6.08 Å². The predicted octanol–water partition coefficient (Wildman–Crippen LogP) is 3.52. The second kappa shape index (κ2) is 11.5. The highest BCUT2D eigenvalue weighted by molar-refractivity contribution is 7.89. The Kier molecular flexibility index (Phi) is 9.04. The molecule has 0 aliphatic heterocycles. The quantitative estimate of drug-likeness (QED) is 0.233. The first-order valence-electron chi connectivity index (χ1n) is 10.5. The number of nitrogens with one attached hydrogen (secondary N) is 1. The van der Waals surface area contributed by atoms with Gasteiger partial charge in [-0.15, -0.1) is 0 Å². The third-order valence-electron chi connectivity index (χ3n) is 4.93. The summed E-state index contributed by atoms with van der Waals surface area (Å²) in [6.07, 6.45) is 1.22. The van der Waals surface area contributed by atoms with Crippen molar-refractivity contribution in [3.63, 3.8) is 0 Å². The van der Waals surface area contributed by atoms with Gasteiger partial charge in [0.25, 0.3) is 11.6 Å². The molecule has 0 aliphatic carbocycles. The Labute approximate surface area is 198 Å². The second-order valence-electron chi connectivity index (χ2n) is 7.32. The van der Waals surface area contributed by atoms with Crippen molar-refractivity contribution in [2.45, 2.75) is 38.7 Å². The van der Waals surface area contributed by atoms with Gasteiger partial charge in [-0.1, -0.05) is 32.0 Å². The Bertz CT molecular complexity index is 1200. The van der Waals surface area contributed by atoms with E-state index in [-0.39, 0.29) is 16.3 Å². The van der Waals surface area contributed by atoms with E-state index in [4.69, 9.17) is 4.74 Å². The van der Waals surface area contributed by atoms with E-state index in [2.05, 4.69) is 5.32 Å². The number of hydrogen-bond acceptors (Lipinski definition) is 7. The van der Waals surface area contributed by atoms with E-state index < -0.39 is 32.9 Å². The van der Waals surface area contributed by atoms with Crippen LogP contribution < -0.4 is 5.32 Å². The molecule has 182 valence electrons. The van der Waals surface area contributed by atoms with Gasteiger partial charge in [0.05, 0.1) is 9.82 Å². The number of amides is 1. The summed E-state index contributed by atoms with van der Waals surface area (Å²) in [4.78, 5) is 34.9. The number of nitrogens with zero attached hydrogens (tertiary/aromatic N) is 2. The van der Waals surface area contributed by atoms with E-state index in [9.17, 15) is 28.1 Å². The number of hydrogen-bond donors (Lipinski definition) is 1. The molecule has 1 amide bonds. The minimum Gasteiger partial charge on any atom is -0.449 e. The number of rotatable bonds is 10. The summed E-state index contributed by atoms with van der Waals surface area (Å²) in [7, 11) is -3.73. The number of benzene rings is 2. The molecule has 0 heterocycles. The first kappa shape index (κ1) is 26.7. The molecule has 10 nitrogen and oxygen atoms in total. The fourth-order valence-electron chi connectivity index (χ4n) is 3.08. The Morgan fingerprint density at radius 1 is 1.18 bits per heavy atom. The lowest BCUT2D eigenvalue weighted by molar-refractivity contribution is -0.384. The van der Waals surface area contributed by atoms with Crippen molar-refractivity contribution in [2.75, 3.05) is 18.4 Å². The maximum absolute atomic E-state index is 12.9. The maximum atomic E-state index is 12.9. The number of sulfonamides is 1. The monoisotopic (exact) mass is 489 g/mol. The van der Waals surface area contributed by atoms with Crippen LogP contribution in [0.4, 0.5) is 11.4 Å². The topological polar surface area (TPSA) is 136 Å². The second-order valence-corrected chi connectivity index (χ2v) is 9.23. The van der Waals surface area contributed by atoms with Crippen LogP contribution in [0.15, 0.2) is 53.4 Å². The standard InChI is InChI=1S/C23H27N3O7S/c1-5-25(6-2)34(31,32)21-15-19(12-10-16(21)3)24-23(28)17(4)33-22(27)13-11-18-8-7-9-20(14-18)26(29)30/h7-15,17H,5-6H2,1-4H3,(H,24,28)/b13-11+. The molecule has 0 saturated carbocycles. The molecule has 0 aromatic heterocycles. The lowest BCUT2D eigenvalue weighted by Crippen LogP contribution is -2.31. The van der Waals surface area contributed by atoms with Gasteiger partial charge in [-0.3, -0.25) is 14.9 Å². The molecule has 0 fully saturated rings. The lowest BCUT2D eigenvalue weighted by atomic mass is 10.2. The Morgan fingerprint density at radius 2 is 1.85 bits per heavy atom. The SMILES string of the molecule is CCN(CC)S(=O)(=O)c1cc(NC(=O)C(C)OC(=O)/C=C/c2cccc([N+](=O)[O-])c2)ccc1C. The maximum Gasteiger partial charge on any atom is 0.331 e. The van der Waals surface area contributed by atoms with Crippen molar-refractivity contribution in [3.8, 4) is 0 Å². The first-order valence-corrected chi connectivity index (χ1v) is 12.0. The van der Waals surface area contributed by atoms with Crippen LogP contribution in [0, 0.1) is 17.0 Å². The van der Waals surface area contributed by atoms with E-state index in [1.54, 1.807) is 39.0 Å². The van der Waals surface area contributed by atoms with Crippen molar-refractivity contribution in [1.29, 1.82) is 0 Å². The van der Waals surface area contributed by atoms with Crippen LogP contribution in [0.5, 0.6) is 0 Å². The lowest BCUT2D eigenvalue weighted by Gasteiger charge is -2.20. The fraction of sp³-hybridized carbons (Fsp3) is 0.304. The van der Waals surface area contributed by atoms with Gasteiger partial charge < -0.3 is 10.1 Å². The molecule has 11 heteroatoms. The van der Waals surface area contributed by atoms with Gasteiger partial charge in [0.2, 0.25) is 10.0 Å². The number of carbonyl (C=O) groups excluding carboxylic acids is 2. The molecule has 1 N–H and O–H groups in total. The molecule has 2 rings (SSSR count). The molecule has 1 atom stereocenters. The van der Waals surface area contributed by atoms with Crippen molar-refractivity contribution in [1.82, 2.24) is 4.31 Å². The molecule has 0 radical (unpaired) electrons. The molecule has 34 heavy (non-hydrogen) atoms. The predicted molar refractivity (Wildman–Crippen MR) is 128 cm³/mol. The molecule has 0 saturated heterocycles. The molecular weight excluding hydrogens is 462 g/mol. The van der Waals surface area contributed by atoms with Crippen LogP contribution in [0.3, 0.4) is 0 Å². The van der Waals surface area contributed by atoms with E-state index in [1.165, 1.54) is 41.6 Å². The van der Waals surface area contributed by atoms with Crippen LogP contribution in [-0.4, -0.2) is 48.7 Å². The number of esters is 1. The molecule has 1 unspecified atom stereocenters. The highest BCUT2D eigenvalue weighted by Gasteiger charge is 2.24. The molecule has 2 aromatic rings. The zero-order valence-corrected chi connectivity index (χ0v) is 20.2. The summed E-state index contributed by atoms with van der Waals surface area (Å²) >= 11 is 0. The zero-order valence-electron chi connectivity index (χ0n) is 19.3. The number of nitro benzene ring substituents is 1. The minimum atomic E-state index is -3.73. The number of non-ortho nitro benzene ring substituents is 1. The van der Waals surface area contributed by atoms with Gasteiger partial charge in [0, 0.05) is 37.0 Å². The molecule has 0 bridgehead atoms. The van der Waals surface area contributed by atoms with Gasteiger partial charge in [0.1, 0.15) is 0 Å². The van der Waals surface area contributed by atoms with Crippen LogP contribution in [-0.2, 0) is 24.3 Å². The normalized spacial score (nSPS) is 12.5. The third kappa shape index (κ3) is 6.72. The largest absolute Gasteiger partial charge is 0.449 e. The molecule has 2 aromatic carbocycles. The third-order valence-corrected chi connectivity index (χ3v) is 7.13. The number of aryl methyl sites for hydroxylation is 1. The van der Waals surface area contributed by atoms with Crippen LogP contribution >= 0.6 is 0 Å². The van der Waals surface area contributed by atoms with E-state index in [1.807, 2.05) is 0 Å². The summed E-state index contributed by atoms with van der Waals surface area (Å²) in [5.41, 5.74) is 1.08. The van der Waals surface area contributed by atoms with Crippen molar-refractivity contribution < 1.29 is 27.7 Å². The van der Waals surface area contributed by atoms with Crippen molar-refractivity contribution in [2.24, 2.45) is 0 Å². The number of anilines is 1. The fourth-order valence-corrected chi connectivity index (χ4v) is 4.78. The molecular formula is C23H27N3O7S. The summed E-state index contributed by atoms with van der Waals surface area (Å²) in [6.45, 7) is 7.14.